The lowest BCUT2D eigenvalue weighted by atomic mass is 10.2. The van der Waals surface area contributed by atoms with E-state index in [1.54, 1.807) is 30.3 Å². The van der Waals surface area contributed by atoms with Crippen molar-refractivity contribution in [1.82, 2.24) is 10.2 Å². The highest BCUT2D eigenvalue weighted by molar-refractivity contribution is 6.09. The molecule has 0 unspecified atom stereocenters. The van der Waals surface area contributed by atoms with Crippen LogP contribution in [-0.4, -0.2) is 28.1 Å². The number of benzene rings is 2. The number of fused-ring (bicyclic) bond motifs is 1. The van der Waals surface area contributed by atoms with E-state index in [0.717, 1.165) is 0 Å². The summed E-state index contributed by atoms with van der Waals surface area (Å²) >= 11 is 0. The van der Waals surface area contributed by atoms with Crippen molar-refractivity contribution in [1.29, 1.82) is 0 Å². The van der Waals surface area contributed by atoms with Crippen molar-refractivity contribution in [3.8, 4) is 5.75 Å². The molecule has 0 fully saturated rings. The van der Waals surface area contributed by atoms with Crippen LogP contribution in [0.1, 0.15) is 10.4 Å². The number of nitrogens with one attached hydrogen (secondary N) is 2. The number of aromatic amines is 1. The van der Waals surface area contributed by atoms with Gasteiger partial charge in [0.1, 0.15) is 5.75 Å². The maximum atomic E-state index is 12.4. The first-order valence-electron chi connectivity index (χ1n) is 6.67. The van der Waals surface area contributed by atoms with Crippen molar-refractivity contribution in [2.75, 3.05) is 12.4 Å². The van der Waals surface area contributed by atoms with Gasteiger partial charge in [-0.3, -0.25) is 20.0 Å². The van der Waals surface area contributed by atoms with Crippen LogP contribution < -0.4 is 10.1 Å². The maximum absolute atomic E-state index is 12.4. The number of aromatic nitrogens is 2. The predicted molar refractivity (Wildman–Crippen MR) is 83.7 cm³/mol. The van der Waals surface area contributed by atoms with Crippen molar-refractivity contribution in [3.63, 3.8) is 0 Å². The second-order valence-electron chi connectivity index (χ2n) is 4.71. The number of hydrogen-bond acceptors (Lipinski definition) is 5. The van der Waals surface area contributed by atoms with Gasteiger partial charge in [0.05, 0.1) is 28.5 Å². The van der Waals surface area contributed by atoms with Crippen LogP contribution in [0.5, 0.6) is 5.75 Å². The van der Waals surface area contributed by atoms with Gasteiger partial charge in [0.15, 0.2) is 5.82 Å². The van der Waals surface area contributed by atoms with Crippen LogP contribution >= 0.6 is 0 Å². The molecule has 0 radical (unpaired) electrons. The Hall–Kier alpha value is -3.42. The average molecular weight is 312 g/mol. The number of carbonyl (C=O) groups is 1. The van der Waals surface area contributed by atoms with Gasteiger partial charge in [-0.1, -0.05) is 12.1 Å². The zero-order valence-electron chi connectivity index (χ0n) is 12.1. The van der Waals surface area contributed by atoms with Gasteiger partial charge >= 0.3 is 0 Å². The van der Waals surface area contributed by atoms with Crippen LogP contribution in [-0.2, 0) is 0 Å². The van der Waals surface area contributed by atoms with Crippen LogP contribution in [0.2, 0.25) is 0 Å². The summed E-state index contributed by atoms with van der Waals surface area (Å²) in [5.41, 5.74) is 0.856. The molecule has 0 aliphatic heterocycles. The Morgan fingerprint density at radius 2 is 2.09 bits per heavy atom. The number of non-ortho nitro benzene ring substituents is 1. The molecule has 1 heterocycles. The van der Waals surface area contributed by atoms with Crippen LogP contribution in [0.25, 0.3) is 10.9 Å². The monoisotopic (exact) mass is 312 g/mol. The summed E-state index contributed by atoms with van der Waals surface area (Å²) in [6.45, 7) is 0. The number of H-pyrrole nitrogens is 1. The minimum absolute atomic E-state index is 0.0771. The number of nitrogens with zero attached hydrogens (tertiary/aromatic N) is 2. The molecule has 3 aromatic rings. The Balaban J connectivity index is 1.96. The number of nitro groups is 1. The summed E-state index contributed by atoms with van der Waals surface area (Å²) in [5.74, 6) is 0.234. The minimum atomic E-state index is -0.502. The van der Waals surface area contributed by atoms with E-state index in [4.69, 9.17) is 4.74 Å². The molecule has 8 heteroatoms. The first-order chi connectivity index (χ1) is 11.1. The lowest BCUT2D eigenvalue weighted by molar-refractivity contribution is -0.384. The highest BCUT2D eigenvalue weighted by Crippen LogP contribution is 2.26. The lowest BCUT2D eigenvalue weighted by Gasteiger charge is -2.07. The molecule has 1 amide bonds. The van der Waals surface area contributed by atoms with Gasteiger partial charge in [0.2, 0.25) is 0 Å². The summed E-state index contributed by atoms with van der Waals surface area (Å²) in [4.78, 5) is 22.7. The van der Waals surface area contributed by atoms with Crippen molar-refractivity contribution in [2.45, 2.75) is 0 Å². The maximum Gasteiger partial charge on any atom is 0.270 e. The summed E-state index contributed by atoms with van der Waals surface area (Å²) in [5, 5.41) is 20.7. The molecule has 0 bridgehead atoms. The van der Waals surface area contributed by atoms with Crippen LogP contribution in [0.3, 0.4) is 0 Å². The predicted octanol–water partition coefficient (Wildman–Crippen LogP) is 2.73. The lowest BCUT2D eigenvalue weighted by Crippen LogP contribution is -2.13. The smallest absolute Gasteiger partial charge is 0.270 e. The number of rotatable bonds is 4. The molecule has 0 aliphatic carbocycles. The van der Waals surface area contributed by atoms with Gasteiger partial charge in [0.25, 0.3) is 11.6 Å². The van der Waals surface area contributed by atoms with Gasteiger partial charge in [-0.25, -0.2) is 0 Å². The Kier molecular flexibility index (Phi) is 3.63. The molecule has 0 atom stereocenters. The second-order valence-corrected chi connectivity index (χ2v) is 4.71. The largest absolute Gasteiger partial charge is 0.496 e. The van der Waals surface area contributed by atoms with Gasteiger partial charge in [0, 0.05) is 12.1 Å². The van der Waals surface area contributed by atoms with E-state index in [0.29, 0.717) is 22.2 Å². The molecule has 0 saturated carbocycles. The van der Waals surface area contributed by atoms with Crippen molar-refractivity contribution in [2.24, 2.45) is 0 Å². The number of carbonyl (C=O) groups excluding carboxylic acids is 1. The summed E-state index contributed by atoms with van der Waals surface area (Å²) in [7, 11) is 1.47. The fourth-order valence-electron chi connectivity index (χ4n) is 2.22. The van der Waals surface area contributed by atoms with E-state index in [2.05, 4.69) is 15.5 Å². The fraction of sp³-hybridized carbons (Fsp3) is 0.0667. The molecule has 0 spiro atoms. The van der Waals surface area contributed by atoms with Gasteiger partial charge < -0.3 is 10.1 Å². The Labute approximate surface area is 130 Å². The number of anilines is 1. The van der Waals surface area contributed by atoms with E-state index < -0.39 is 10.8 Å². The standard InChI is InChI=1S/C15H12N4O4/c1-23-13-5-3-2-4-10(13)15(20)16-14-11-8-9(19(21)22)6-7-12(11)17-18-14/h2-8H,1H3,(H2,16,17,18,20). The molecule has 116 valence electrons. The molecule has 0 aliphatic rings. The van der Waals surface area contributed by atoms with Crippen molar-refractivity contribution >= 4 is 28.3 Å². The normalized spacial score (nSPS) is 10.5. The first-order valence-corrected chi connectivity index (χ1v) is 6.67. The zero-order chi connectivity index (χ0) is 16.4. The Morgan fingerprint density at radius 1 is 1.30 bits per heavy atom. The molecule has 0 saturated heterocycles. The third-order valence-corrected chi connectivity index (χ3v) is 3.34. The number of nitro benzene ring substituents is 1. The quantitative estimate of drug-likeness (QED) is 0.568. The molecular formula is C15H12N4O4. The molecule has 23 heavy (non-hydrogen) atoms. The summed E-state index contributed by atoms with van der Waals surface area (Å²) in [6, 6.07) is 11.0. The highest BCUT2D eigenvalue weighted by Gasteiger charge is 2.16. The Bertz CT molecular complexity index is 903. The van der Waals surface area contributed by atoms with Gasteiger partial charge in [-0.2, -0.15) is 5.10 Å². The first kappa shape index (κ1) is 14.5. The minimum Gasteiger partial charge on any atom is -0.496 e. The van der Waals surface area contributed by atoms with Crippen LogP contribution in [0.15, 0.2) is 42.5 Å². The summed E-state index contributed by atoms with van der Waals surface area (Å²) in [6.07, 6.45) is 0. The molecule has 3 rings (SSSR count). The van der Waals surface area contributed by atoms with Crippen molar-refractivity contribution < 1.29 is 14.5 Å². The van der Waals surface area contributed by atoms with Gasteiger partial charge in [-0.05, 0) is 18.2 Å². The SMILES string of the molecule is COc1ccccc1C(=O)Nc1n[nH]c2ccc([N+](=O)[O-])cc12. The van der Waals surface area contributed by atoms with E-state index in [9.17, 15) is 14.9 Å². The number of amides is 1. The fourth-order valence-corrected chi connectivity index (χ4v) is 2.22. The zero-order valence-corrected chi connectivity index (χ0v) is 12.1. The number of hydrogen-bond donors (Lipinski definition) is 2. The molecular weight excluding hydrogens is 300 g/mol. The van der Waals surface area contributed by atoms with E-state index >= 15 is 0 Å². The third kappa shape index (κ3) is 2.69. The molecule has 2 N–H and O–H groups in total. The van der Waals surface area contributed by atoms with Gasteiger partial charge in [-0.15, -0.1) is 0 Å². The average Bonchev–Trinajstić information content (AvgIpc) is 2.96. The van der Waals surface area contributed by atoms with Crippen LogP contribution in [0.4, 0.5) is 11.5 Å². The van der Waals surface area contributed by atoms with Crippen molar-refractivity contribution in [3.05, 3.63) is 58.1 Å². The number of methoxy groups -OCH3 is 1. The Morgan fingerprint density at radius 3 is 2.83 bits per heavy atom. The molecule has 8 nitrogen and oxygen atoms in total. The van der Waals surface area contributed by atoms with E-state index in [1.807, 2.05) is 0 Å². The topological polar surface area (TPSA) is 110 Å². The number of ether oxygens (including phenoxy) is 1. The third-order valence-electron chi connectivity index (χ3n) is 3.34. The molecule has 2 aromatic carbocycles. The van der Waals surface area contributed by atoms with Crippen LogP contribution in [0, 0.1) is 10.1 Å². The summed E-state index contributed by atoms with van der Waals surface area (Å²) < 4.78 is 5.15. The number of para-hydroxylation sites is 1. The van der Waals surface area contributed by atoms with E-state index in [1.165, 1.54) is 19.2 Å². The van der Waals surface area contributed by atoms with E-state index in [-0.39, 0.29) is 11.5 Å². The second kappa shape index (κ2) is 5.76. The molecule has 1 aromatic heterocycles. The highest BCUT2D eigenvalue weighted by atomic mass is 16.6.